The van der Waals surface area contributed by atoms with Crippen LogP contribution in [0.1, 0.15) is 17.3 Å². The first-order valence-corrected chi connectivity index (χ1v) is 5.42. The molecule has 0 aliphatic carbocycles. The van der Waals surface area contributed by atoms with Crippen LogP contribution in [0.25, 0.3) is 0 Å². The van der Waals surface area contributed by atoms with Gasteiger partial charge >= 0.3 is 0 Å². The number of rotatable bonds is 5. The predicted molar refractivity (Wildman–Crippen MR) is 62.3 cm³/mol. The maximum Gasteiger partial charge on any atom is 0.264 e. The van der Waals surface area contributed by atoms with Crippen LogP contribution in [0.4, 0.5) is 0 Å². The summed E-state index contributed by atoms with van der Waals surface area (Å²) in [5.74, 6) is 2.07. The molecule has 96 valence electrons. The molecule has 0 radical (unpaired) electrons. The highest BCUT2D eigenvalue weighted by atomic mass is 16.5. The van der Waals surface area contributed by atoms with E-state index in [9.17, 15) is 0 Å². The Labute approximate surface area is 104 Å². The summed E-state index contributed by atoms with van der Waals surface area (Å²) in [6.45, 7) is 1.84. The largest absolute Gasteiger partial charge is 0.493 e. The van der Waals surface area contributed by atoms with Gasteiger partial charge < -0.3 is 19.1 Å². The fourth-order valence-corrected chi connectivity index (χ4v) is 1.47. The SMILES string of the molecule is COc1ccc(CO)cc1OCc1nc(C)no1. The molecule has 0 saturated carbocycles. The second kappa shape index (κ2) is 5.50. The fourth-order valence-electron chi connectivity index (χ4n) is 1.47. The van der Waals surface area contributed by atoms with Crippen LogP contribution in [0, 0.1) is 6.92 Å². The monoisotopic (exact) mass is 250 g/mol. The highest BCUT2D eigenvalue weighted by molar-refractivity contribution is 5.42. The number of aromatic nitrogens is 2. The van der Waals surface area contributed by atoms with E-state index in [1.54, 1.807) is 32.2 Å². The third-order valence-corrected chi connectivity index (χ3v) is 2.33. The van der Waals surface area contributed by atoms with Gasteiger partial charge in [-0.15, -0.1) is 0 Å². The number of hydrogen-bond donors (Lipinski definition) is 1. The fraction of sp³-hybridized carbons (Fsp3) is 0.333. The van der Waals surface area contributed by atoms with Gasteiger partial charge in [0, 0.05) is 0 Å². The van der Waals surface area contributed by atoms with Crippen molar-refractivity contribution in [2.24, 2.45) is 0 Å². The zero-order valence-corrected chi connectivity index (χ0v) is 10.2. The van der Waals surface area contributed by atoms with Crippen molar-refractivity contribution < 1.29 is 19.1 Å². The minimum atomic E-state index is -0.0555. The number of aliphatic hydroxyl groups excluding tert-OH is 1. The van der Waals surface area contributed by atoms with Crippen molar-refractivity contribution in [1.29, 1.82) is 0 Å². The van der Waals surface area contributed by atoms with Crippen molar-refractivity contribution in [2.75, 3.05) is 7.11 Å². The van der Waals surface area contributed by atoms with Gasteiger partial charge in [-0.2, -0.15) is 4.98 Å². The third kappa shape index (κ3) is 2.78. The molecule has 18 heavy (non-hydrogen) atoms. The average Bonchev–Trinajstić information content (AvgIpc) is 2.81. The number of nitrogens with zero attached hydrogens (tertiary/aromatic N) is 2. The highest BCUT2D eigenvalue weighted by Gasteiger charge is 2.08. The van der Waals surface area contributed by atoms with Crippen LogP contribution in [-0.2, 0) is 13.2 Å². The molecule has 0 atom stereocenters. The van der Waals surface area contributed by atoms with Crippen LogP contribution in [0.3, 0.4) is 0 Å². The summed E-state index contributed by atoms with van der Waals surface area (Å²) in [5.41, 5.74) is 0.743. The maximum absolute atomic E-state index is 9.08. The van der Waals surface area contributed by atoms with Gasteiger partial charge in [-0.1, -0.05) is 11.2 Å². The molecular formula is C12H14N2O4. The van der Waals surface area contributed by atoms with Crippen molar-refractivity contribution in [1.82, 2.24) is 10.1 Å². The van der Waals surface area contributed by atoms with Crippen LogP contribution in [0.5, 0.6) is 11.5 Å². The molecule has 0 fully saturated rings. The molecule has 0 unspecified atom stereocenters. The Kier molecular flexibility index (Phi) is 3.78. The van der Waals surface area contributed by atoms with Crippen LogP contribution >= 0.6 is 0 Å². The summed E-state index contributed by atoms with van der Waals surface area (Å²) < 4.78 is 15.6. The summed E-state index contributed by atoms with van der Waals surface area (Å²) in [6.07, 6.45) is 0. The summed E-state index contributed by atoms with van der Waals surface area (Å²) in [7, 11) is 1.55. The normalized spacial score (nSPS) is 10.4. The van der Waals surface area contributed by atoms with Crippen molar-refractivity contribution in [3.05, 3.63) is 35.5 Å². The molecule has 1 aromatic heterocycles. The number of benzene rings is 1. The number of ether oxygens (including phenoxy) is 2. The number of aliphatic hydroxyl groups is 1. The van der Waals surface area contributed by atoms with E-state index in [0.29, 0.717) is 23.2 Å². The van der Waals surface area contributed by atoms with Crippen LogP contribution in [0.2, 0.25) is 0 Å². The molecule has 2 rings (SSSR count). The number of aryl methyl sites for hydroxylation is 1. The van der Waals surface area contributed by atoms with Gasteiger partial charge in [0.25, 0.3) is 5.89 Å². The molecule has 6 nitrogen and oxygen atoms in total. The number of methoxy groups -OCH3 is 1. The van der Waals surface area contributed by atoms with Gasteiger partial charge in [-0.25, -0.2) is 0 Å². The second-order valence-electron chi connectivity index (χ2n) is 3.67. The lowest BCUT2D eigenvalue weighted by molar-refractivity contribution is 0.231. The molecule has 1 N–H and O–H groups in total. The minimum absolute atomic E-state index is 0.0555. The Morgan fingerprint density at radius 1 is 1.33 bits per heavy atom. The van der Waals surface area contributed by atoms with Gasteiger partial charge in [0.15, 0.2) is 23.9 Å². The highest BCUT2D eigenvalue weighted by Crippen LogP contribution is 2.28. The minimum Gasteiger partial charge on any atom is -0.493 e. The van der Waals surface area contributed by atoms with Gasteiger partial charge in [0.1, 0.15) is 0 Å². The first kappa shape index (κ1) is 12.4. The first-order valence-electron chi connectivity index (χ1n) is 5.42. The molecule has 6 heteroatoms. The number of hydrogen-bond acceptors (Lipinski definition) is 6. The van der Waals surface area contributed by atoms with E-state index in [2.05, 4.69) is 10.1 Å². The molecule has 0 bridgehead atoms. The van der Waals surface area contributed by atoms with Gasteiger partial charge in [-0.05, 0) is 24.6 Å². The predicted octanol–water partition coefficient (Wildman–Crippen LogP) is 1.46. The van der Waals surface area contributed by atoms with E-state index in [0.717, 1.165) is 5.56 Å². The lowest BCUT2D eigenvalue weighted by atomic mass is 10.2. The molecule has 0 saturated heterocycles. The lowest BCUT2D eigenvalue weighted by Crippen LogP contribution is -1.99. The molecule has 1 heterocycles. The molecule has 1 aromatic carbocycles. The van der Waals surface area contributed by atoms with Crippen molar-refractivity contribution in [2.45, 2.75) is 20.1 Å². The first-order chi connectivity index (χ1) is 8.72. The Balaban J connectivity index is 2.11. The summed E-state index contributed by atoms with van der Waals surface area (Å²) in [6, 6.07) is 5.21. The molecule has 0 aliphatic rings. The molecule has 2 aromatic rings. The maximum atomic E-state index is 9.08. The van der Waals surface area contributed by atoms with E-state index in [-0.39, 0.29) is 13.2 Å². The van der Waals surface area contributed by atoms with Crippen LogP contribution < -0.4 is 9.47 Å². The smallest absolute Gasteiger partial charge is 0.264 e. The van der Waals surface area contributed by atoms with Gasteiger partial charge in [0.2, 0.25) is 0 Å². The second-order valence-corrected chi connectivity index (χ2v) is 3.67. The van der Waals surface area contributed by atoms with Crippen LogP contribution in [-0.4, -0.2) is 22.4 Å². The van der Waals surface area contributed by atoms with Crippen molar-refractivity contribution in [3.8, 4) is 11.5 Å². The Morgan fingerprint density at radius 3 is 2.78 bits per heavy atom. The topological polar surface area (TPSA) is 77.6 Å². The molecule has 0 aliphatic heterocycles. The standard InChI is InChI=1S/C12H14N2O4/c1-8-13-12(18-14-8)7-17-11-5-9(6-15)3-4-10(11)16-2/h3-5,15H,6-7H2,1-2H3. The Morgan fingerprint density at radius 2 is 2.17 bits per heavy atom. The average molecular weight is 250 g/mol. The quantitative estimate of drug-likeness (QED) is 0.865. The van der Waals surface area contributed by atoms with Crippen molar-refractivity contribution >= 4 is 0 Å². The molecular weight excluding hydrogens is 236 g/mol. The van der Waals surface area contributed by atoms with Gasteiger partial charge in [-0.3, -0.25) is 0 Å². The zero-order valence-electron chi connectivity index (χ0n) is 10.2. The van der Waals surface area contributed by atoms with E-state index in [1.165, 1.54) is 0 Å². The third-order valence-electron chi connectivity index (χ3n) is 2.33. The van der Waals surface area contributed by atoms with Crippen LogP contribution in [0.15, 0.2) is 22.7 Å². The van der Waals surface area contributed by atoms with Gasteiger partial charge in [0.05, 0.1) is 13.7 Å². The van der Waals surface area contributed by atoms with E-state index >= 15 is 0 Å². The Hall–Kier alpha value is -2.08. The summed E-state index contributed by atoms with van der Waals surface area (Å²) in [5, 5.41) is 12.7. The lowest BCUT2D eigenvalue weighted by Gasteiger charge is -2.10. The summed E-state index contributed by atoms with van der Waals surface area (Å²) in [4.78, 5) is 4.03. The Bertz CT molecular complexity index is 525. The van der Waals surface area contributed by atoms with E-state index in [1.807, 2.05) is 0 Å². The van der Waals surface area contributed by atoms with E-state index in [4.69, 9.17) is 19.1 Å². The summed E-state index contributed by atoms with van der Waals surface area (Å²) >= 11 is 0. The molecule has 0 amide bonds. The molecule has 0 spiro atoms. The van der Waals surface area contributed by atoms with Crippen molar-refractivity contribution in [3.63, 3.8) is 0 Å². The van der Waals surface area contributed by atoms with E-state index < -0.39 is 0 Å². The zero-order chi connectivity index (χ0) is 13.0.